The van der Waals surface area contributed by atoms with Gasteiger partial charge in [-0.15, -0.1) is 0 Å². The van der Waals surface area contributed by atoms with Crippen molar-refractivity contribution < 1.29 is 9.59 Å². The highest BCUT2D eigenvalue weighted by Crippen LogP contribution is 2.21. The Labute approximate surface area is 82.2 Å². The van der Waals surface area contributed by atoms with Crippen LogP contribution in [-0.2, 0) is 0 Å². The Kier molecular flexibility index (Phi) is 1.98. The van der Waals surface area contributed by atoms with Crippen LogP contribution in [0.5, 0.6) is 0 Å². The Morgan fingerprint density at radius 1 is 1.07 bits per heavy atom. The number of amides is 4. The lowest BCUT2D eigenvalue weighted by Crippen LogP contribution is -2.46. The highest BCUT2D eigenvalue weighted by Gasteiger charge is 2.49. The van der Waals surface area contributed by atoms with Crippen molar-refractivity contribution in [1.29, 1.82) is 0 Å². The van der Waals surface area contributed by atoms with E-state index in [4.69, 9.17) is 0 Å². The molecule has 0 atom stereocenters. The third-order valence-electron chi connectivity index (χ3n) is 2.70. The van der Waals surface area contributed by atoms with Crippen molar-refractivity contribution in [2.75, 3.05) is 13.1 Å². The van der Waals surface area contributed by atoms with Crippen LogP contribution < -0.4 is 10.6 Å². The van der Waals surface area contributed by atoms with Gasteiger partial charge >= 0.3 is 12.1 Å². The number of carbonyl (C=O) groups is 2. The molecule has 2 aliphatic rings. The van der Waals surface area contributed by atoms with Crippen LogP contribution in [0.3, 0.4) is 0 Å². The molecule has 0 radical (unpaired) electrons. The summed E-state index contributed by atoms with van der Waals surface area (Å²) < 4.78 is 0. The van der Waals surface area contributed by atoms with Gasteiger partial charge in [-0.05, 0) is 13.8 Å². The van der Waals surface area contributed by atoms with Gasteiger partial charge < -0.3 is 20.4 Å². The first-order chi connectivity index (χ1) is 6.69. The number of carbonyl (C=O) groups excluding carboxylic acids is 2. The maximum absolute atomic E-state index is 11.4. The molecule has 0 spiro atoms. The van der Waals surface area contributed by atoms with E-state index in [0.717, 1.165) is 0 Å². The molecule has 4 amide bonds. The summed E-state index contributed by atoms with van der Waals surface area (Å²) in [4.78, 5) is 26.2. The van der Waals surface area contributed by atoms with E-state index in [0.29, 0.717) is 13.1 Å². The van der Waals surface area contributed by atoms with Crippen LogP contribution in [0, 0.1) is 0 Å². The zero-order valence-electron chi connectivity index (χ0n) is 8.28. The summed E-state index contributed by atoms with van der Waals surface area (Å²) in [5.41, 5.74) is 0. The molecule has 2 heterocycles. The Balaban J connectivity index is 2.24. The SMILES string of the molecule is CCN1C(=O)NC2NC(=O)N(CC)C21. The second-order valence-corrected chi connectivity index (χ2v) is 3.36. The molecule has 0 saturated carbocycles. The fraction of sp³-hybridized carbons (Fsp3) is 0.750. The number of urea groups is 2. The lowest BCUT2D eigenvalue weighted by Gasteiger charge is -2.27. The molecule has 0 unspecified atom stereocenters. The van der Waals surface area contributed by atoms with Crippen LogP contribution in [0.15, 0.2) is 0 Å². The molecule has 78 valence electrons. The fourth-order valence-corrected chi connectivity index (χ4v) is 2.05. The maximum Gasteiger partial charge on any atom is 0.320 e. The molecule has 14 heavy (non-hydrogen) atoms. The summed E-state index contributed by atoms with van der Waals surface area (Å²) in [5, 5.41) is 5.45. The summed E-state index contributed by atoms with van der Waals surface area (Å²) in [6.45, 7) is 5.02. The fourth-order valence-electron chi connectivity index (χ4n) is 2.05. The third-order valence-corrected chi connectivity index (χ3v) is 2.70. The van der Waals surface area contributed by atoms with E-state index in [-0.39, 0.29) is 24.4 Å². The molecule has 0 aromatic rings. The maximum atomic E-state index is 11.4. The van der Waals surface area contributed by atoms with Crippen molar-refractivity contribution in [2.45, 2.75) is 26.2 Å². The van der Waals surface area contributed by atoms with Crippen molar-refractivity contribution >= 4 is 12.1 Å². The van der Waals surface area contributed by atoms with E-state index in [9.17, 15) is 9.59 Å². The second kappa shape index (κ2) is 3.04. The smallest absolute Gasteiger partial charge is 0.314 e. The van der Waals surface area contributed by atoms with Gasteiger partial charge in [0, 0.05) is 13.1 Å². The molecule has 0 aliphatic carbocycles. The summed E-state index contributed by atoms with van der Waals surface area (Å²) in [6.07, 6.45) is -0.417. The number of nitrogens with one attached hydrogen (secondary N) is 2. The molecule has 6 nitrogen and oxygen atoms in total. The zero-order chi connectivity index (χ0) is 10.3. The Hall–Kier alpha value is -1.46. The van der Waals surface area contributed by atoms with E-state index >= 15 is 0 Å². The van der Waals surface area contributed by atoms with Gasteiger partial charge in [-0.25, -0.2) is 9.59 Å². The zero-order valence-corrected chi connectivity index (χ0v) is 8.28. The minimum absolute atomic E-state index is 0.110. The normalized spacial score (nSPS) is 30.4. The molecule has 2 fully saturated rings. The van der Waals surface area contributed by atoms with Crippen molar-refractivity contribution in [1.82, 2.24) is 20.4 Å². The predicted molar refractivity (Wildman–Crippen MR) is 49.4 cm³/mol. The third kappa shape index (κ3) is 1.03. The van der Waals surface area contributed by atoms with Crippen molar-refractivity contribution in [3.8, 4) is 0 Å². The van der Waals surface area contributed by atoms with Gasteiger partial charge in [0.15, 0.2) is 0 Å². The van der Waals surface area contributed by atoms with Gasteiger partial charge in [0.2, 0.25) is 0 Å². The Morgan fingerprint density at radius 2 is 1.50 bits per heavy atom. The molecular formula is C8H14N4O2. The summed E-state index contributed by atoms with van der Waals surface area (Å²) in [6, 6.07) is -0.220. The van der Waals surface area contributed by atoms with Gasteiger partial charge in [-0.2, -0.15) is 0 Å². The van der Waals surface area contributed by atoms with Crippen LogP contribution in [0.4, 0.5) is 9.59 Å². The van der Waals surface area contributed by atoms with Crippen molar-refractivity contribution in [3.05, 3.63) is 0 Å². The number of fused-ring (bicyclic) bond motifs is 1. The molecule has 2 rings (SSSR count). The highest BCUT2D eigenvalue weighted by atomic mass is 16.2. The molecule has 2 aliphatic heterocycles. The van der Waals surface area contributed by atoms with Crippen LogP contribution in [0.25, 0.3) is 0 Å². The average Bonchev–Trinajstić information content (AvgIpc) is 2.58. The van der Waals surface area contributed by atoms with Crippen LogP contribution in [0.1, 0.15) is 13.8 Å². The highest BCUT2D eigenvalue weighted by molar-refractivity contribution is 5.84. The largest absolute Gasteiger partial charge is 0.320 e. The number of likely N-dealkylation sites (N-methyl/N-ethyl adjacent to an activating group) is 2. The number of hydrogen-bond donors (Lipinski definition) is 2. The minimum atomic E-state index is -0.255. The minimum Gasteiger partial charge on any atom is -0.314 e. The van der Waals surface area contributed by atoms with E-state index in [1.165, 1.54) is 0 Å². The summed E-state index contributed by atoms with van der Waals surface area (Å²) in [7, 11) is 0. The van der Waals surface area contributed by atoms with Gasteiger partial charge in [0.25, 0.3) is 0 Å². The number of nitrogens with zero attached hydrogens (tertiary/aromatic N) is 2. The molecule has 0 aromatic heterocycles. The van der Waals surface area contributed by atoms with E-state index in [2.05, 4.69) is 10.6 Å². The first-order valence-corrected chi connectivity index (χ1v) is 4.83. The Morgan fingerprint density at radius 3 is 1.86 bits per heavy atom. The first-order valence-electron chi connectivity index (χ1n) is 4.83. The molecule has 2 N–H and O–H groups in total. The number of rotatable bonds is 2. The lowest BCUT2D eigenvalue weighted by molar-refractivity contribution is 0.136. The van der Waals surface area contributed by atoms with Crippen molar-refractivity contribution in [3.63, 3.8) is 0 Å². The standard InChI is InChI=1S/C8H14N4O2/c1-3-11-6-5(9-7(11)13)10-8(14)12(6)4-2/h5-6H,3-4H2,1-2H3,(H,9,13)(H,10,14). The van der Waals surface area contributed by atoms with E-state index < -0.39 is 0 Å². The molecule has 0 bridgehead atoms. The van der Waals surface area contributed by atoms with Crippen LogP contribution >= 0.6 is 0 Å². The molecular weight excluding hydrogens is 184 g/mol. The van der Waals surface area contributed by atoms with Crippen LogP contribution in [0.2, 0.25) is 0 Å². The second-order valence-electron chi connectivity index (χ2n) is 3.36. The van der Waals surface area contributed by atoms with Crippen LogP contribution in [-0.4, -0.2) is 47.3 Å². The van der Waals surface area contributed by atoms with Gasteiger partial charge in [-0.1, -0.05) is 0 Å². The first kappa shape index (κ1) is 9.11. The Bertz CT molecular complexity index is 255. The quantitative estimate of drug-likeness (QED) is 0.641. The number of hydrogen-bond acceptors (Lipinski definition) is 2. The monoisotopic (exact) mass is 198 g/mol. The predicted octanol–water partition coefficient (Wildman–Crippen LogP) is -0.271. The van der Waals surface area contributed by atoms with E-state index in [1.807, 2.05) is 13.8 Å². The van der Waals surface area contributed by atoms with Gasteiger partial charge in [0.1, 0.15) is 12.3 Å². The summed E-state index contributed by atoms with van der Waals surface area (Å²) in [5.74, 6) is 0. The van der Waals surface area contributed by atoms with Gasteiger partial charge in [-0.3, -0.25) is 0 Å². The van der Waals surface area contributed by atoms with E-state index in [1.54, 1.807) is 9.80 Å². The average molecular weight is 198 g/mol. The molecule has 0 aromatic carbocycles. The molecule has 6 heteroatoms. The van der Waals surface area contributed by atoms with Crippen molar-refractivity contribution in [2.24, 2.45) is 0 Å². The summed E-state index contributed by atoms with van der Waals surface area (Å²) >= 11 is 0. The lowest BCUT2D eigenvalue weighted by atomic mass is 10.3. The van der Waals surface area contributed by atoms with Gasteiger partial charge in [0.05, 0.1) is 0 Å². The topological polar surface area (TPSA) is 64.7 Å². The molecule has 2 saturated heterocycles.